The zero-order chi connectivity index (χ0) is 10.4. The van der Waals surface area contributed by atoms with E-state index in [1.54, 1.807) is 18.9 Å². The normalized spacial score (nSPS) is 12.8. The van der Waals surface area contributed by atoms with Gasteiger partial charge in [0.05, 0.1) is 6.10 Å². The molecule has 0 amide bonds. The van der Waals surface area contributed by atoms with Crippen LogP contribution in [-0.4, -0.2) is 19.0 Å². The van der Waals surface area contributed by atoms with Crippen molar-refractivity contribution in [1.29, 1.82) is 0 Å². The summed E-state index contributed by atoms with van der Waals surface area (Å²) < 4.78 is 5.18. The molecule has 0 bridgehead atoms. The van der Waals surface area contributed by atoms with E-state index in [2.05, 4.69) is 31.2 Å². The number of thioether (sulfide) groups is 1. The van der Waals surface area contributed by atoms with E-state index in [-0.39, 0.29) is 0 Å². The summed E-state index contributed by atoms with van der Waals surface area (Å²) in [6, 6.07) is 8.35. The fraction of sp³-hybridized carbons (Fsp3) is 0.455. The number of hydrogen-bond acceptors (Lipinski definition) is 3. The smallest absolute Gasteiger partial charge is 0.0637 e. The van der Waals surface area contributed by atoms with Gasteiger partial charge in [-0.15, -0.1) is 11.8 Å². The minimum atomic E-state index is 0.300. The maximum absolute atomic E-state index is 5.52. The van der Waals surface area contributed by atoms with Crippen LogP contribution in [0.15, 0.2) is 29.2 Å². The van der Waals surface area contributed by atoms with E-state index in [0.29, 0.717) is 12.6 Å². The van der Waals surface area contributed by atoms with Crippen molar-refractivity contribution in [3.8, 4) is 0 Å². The van der Waals surface area contributed by atoms with E-state index in [1.165, 1.54) is 10.5 Å². The van der Waals surface area contributed by atoms with Gasteiger partial charge in [-0.05, 0) is 24.6 Å². The highest BCUT2D eigenvalue weighted by molar-refractivity contribution is 7.99. The van der Waals surface area contributed by atoms with Gasteiger partial charge in [-0.25, -0.2) is 0 Å². The van der Waals surface area contributed by atoms with Crippen molar-refractivity contribution in [1.82, 2.24) is 0 Å². The number of nitrogens with two attached hydrogens (primary N) is 1. The summed E-state index contributed by atoms with van der Waals surface area (Å²) in [4.78, 5) is 1.27. The van der Waals surface area contributed by atoms with Crippen LogP contribution in [0.4, 0.5) is 0 Å². The van der Waals surface area contributed by atoms with E-state index >= 15 is 0 Å². The molecular formula is C11H17NOS. The quantitative estimate of drug-likeness (QED) is 0.759. The molecule has 3 heteroatoms. The minimum absolute atomic E-state index is 0.300. The molecule has 0 saturated carbocycles. The van der Waals surface area contributed by atoms with E-state index in [0.717, 1.165) is 5.75 Å². The molecule has 1 aromatic carbocycles. The summed E-state index contributed by atoms with van der Waals surface area (Å²) in [5.41, 5.74) is 6.69. The molecule has 0 aliphatic heterocycles. The van der Waals surface area contributed by atoms with E-state index in [1.807, 2.05) is 0 Å². The third-order valence-corrected chi connectivity index (χ3v) is 3.29. The van der Waals surface area contributed by atoms with Crippen molar-refractivity contribution in [3.05, 3.63) is 29.8 Å². The lowest BCUT2D eigenvalue weighted by Crippen LogP contribution is -2.07. The molecule has 0 saturated heterocycles. The van der Waals surface area contributed by atoms with Crippen LogP contribution in [0.2, 0.25) is 0 Å². The fourth-order valence-electron chi connectivity index (χ4n) is 1.00. The second-order valence-corrected chi connectivity index (χ2v) is 4.30. The third kappa shape index (κ3) is 3.70. The second kappa shape index (κ2) is 6.06. The molecule has 1 atom stereocenters. The maximum Gasteiger partial charge on any atom is 0.0637 e. The summed E-state index contributed by atoms with van der Waals surface area (Å²) in [5.74, 6) is 0.985. The zero-order valence-corrected chi connectivity index (χ0v) is 9.51. The first-order valence-electron chi connectivity index (χ1n) is 4.71. The Kier molecular flexibility index (Phi) is 5.01. The molecule has 2 nitrogen and oxygen atoms in total. The van der Waals surface area contributed by atoms with E-state index in [4.69, 9.17) is 10.5 Å². The molecule has 14 heavy (non-hydrogen) atoms. The van der Waals surface area contributed by atoms with Gasteiger partial charge in [0.15, 0.2) is 0 Å². The van der Waals surface area contributed by atoms with Crippen LogP contribution in [0, 0.1) is 0 Å². The van der Waals surface area contributed by atoms with E-state index < -0.39 is 0 Å². The SMILES string of the molecule is COC(C)CSc1ccc(CN)cc1. The molecular weight excluding hydrogens is 194 g/mol. The largest absolute Gasteiger partial charge is 0.381 e. The number of benzene rings is 1. The number of hydrogen-bond donors (Lipinski definition) is 1. The second-order valence-electron chi connectivity index (χ2n) is 3.21. The van der Waals surface area contributed by atoms with Crippen LogP contribution in [0.1, 0.15) is 12.5 Å². The molecule has 0 heterocycles. The zero-order valence-electron chi connectivity index (χ0n) is 8.69. The van der Waals surface area contributed by atoms with Gasteiger partial charge in [0, 0.05) is 24.3 Å². The Morgan fingerprint density at radius 2 is 2.00 bits per heavy atom. The molecule has 0 radical (unpaired) electrons. The summed E-state index contributed by atoms with van der Waals surface area (Å²) in [5, 5.41) is 0. The van der Waals surface area contributed by atoms with E-state index in [9.17, 15) is 0 Å². The van der Waals surface area contributed by atoms with Gasteiger partial charge in [-0.3, -0.25) is 0 Å². The maximum atomic E-state index is 5.52. The van der Waals surface area contributed by atoms with Crippen LogP contribution in [-0.2, 0) is 11.3 Å². The molecule has 78 valence electrons. The summed E-state index contributed by atoms with van der Waals surface area (Å²) in [6.07, 6.45) is 0.300. The molecule has 2 N–H and O–H groups in total. The van der Waals surface area contributed by atoms with Crippen molar-refractivity contribution in [2.45, 2.75) is 24.5 Å². The molecule has 0 aliphatic rings. The number of methoxy groups -OCH3 is 1. The van der Waals surface area contributed by atoms with Gasteiger partial charge >= 0.3 is 0 Å². The Labute approximate surface area is 89.8 Å². The first kappa shape index (κ1) is 11.6. The molecule has 1 aromatic rings. The molecule has 1 unspecified atom stereocenters. The van der Waals surface area contributed by atoms with Crippen molar-refractivity contribution in [2.75, 3.05) is 12.9 Å². The monoisotopic (exact) mass is 211 g/mol. The lowest BCUT2D eigenvalue weighted by atomic mass is 10.2. The Balaban J connectivity index is 2.43. The van der Waals surface area contributed by atoms with Gasteiger partial charge < -0.3 is 10.5 Å². The van der Waals surface area contributed by atoms with Gasteiger partial charge in [0.25, 0.3) is 0 Å². The standard InChI is InChI=1S/C11H17NOS/c1-9(13-2)8-14-11-5-3-10(7-12)4-6-11/h3-6,9H,7-8,12H2,1-2H3. The first-order valence-corrected chi connectivity index (χ1v) is 5.69. The van der Waals surface area contributed by atoms with Crippen LogP contribution >= 0.6 is 11.8 Å². The first-order chi connectivity index (χ1) is 6.76. The van der Waals surface area contributed by atoms with Gasteiger partial charge in [0.2, 0.25) is 0 Å². The topological polar surface area (TPSA) is 35.2 Å². The highest BCUT2D eigenvalue weighted by atomic mass is 32.2. The predicted octanol–water partition coefficient (Wildman–Crippen LogP) is 2.27. The molecule has 0 aromatic heterocycles. The highest BCUT2D eigenvalue weighted by Gasteiger charge is 2.00. The predicted molar refractivity (Wildman–Crippen MR) is 61.5 cm³/mol. The third-order valence-electron chi connectivity index (χ3n) is 2.05. The Hall–Kier alpha value is -0.510. The van der Waals surface area contributed by atoms with Crippen molar-refractivity contribution >= 4 is 11.8 Å². The summed E-state index contributed by atoms with van der Waals surface area (Å²) >= 11 is 1.81. The van der Waals surface area contributed by atoms with Crippen molar-refractivity contribution in [2.24, 2.45) is 5.73 Å². The number of rotatable bonds is 5. The fourth-order valence-corrected chi connectivity index (χ4v) is 1.90. The van der Waals surface area contributed by atoms with Crippen LogP contribution < -0.4 is 5.73 Å². The van der Waals surface area contributed by atoms with Gasteiger partial charge in [0.1, 0.15) is 0 Å². The average Bonchev–Trinajstić information content (AvgIpc) is 2.26. The van der Waals surface area contributed by atoms with Crippen LogP contribution in [0.25, 0.3) is 0 Å². The Morgan fingerprint density at radius 1 is 1.36 bits per heavy atom. The highest BCUT2D eigenvalue weighted by Crippen LogP contribution is 2.19. The lowest BCUT2D eigenvalue weighted by Gasteiger charge is -2.08. The van der Waals surface area contributed by atoms with Crippen molar-refractivity contribution in [3.63, 3.8) is 0 Å². The minimum Gasteiger partial charge on any atom is -0.381 e. The van der Waals surface area contributed by atoms with Crippen LogP contribution in [0.3, 0.4) is 0 Å². The Bertz CT molecular complexity index is 260. The van der Waals surface area contributed by atoms with Crippen LogP contribution in [0.5, 0.6) is 0 Å². The summed E-state index contributed by atoms with van der Waals surface area (Å²) in [7, 11) is 1.74. The number of ether oxygens (including phenoxy) is 1. The molecule has 0 fully saturated rings. The summed E-state index contributed by atoms with van der Waals surface area (Å²) in [6.45, 7) is 2.68. The molecule has 0 aliphatic carbocycles. The average molecular weight is 211 g/mol. The molecule has 1 rings (SSSR count). The van der Waals surface area contributed by atoms with Gasteiger partial charge in [-0.1, -0.05) is 12.1 Å². The molecule has 0 spiro atoms. The van der Waals surface area contributed by atoms with Gasteiger partial charge in [-0.2, -0.15) is 0 Å². The Morgan fingerprint density at radius 3 is 2.50 bits per heavy atom. The van der Waals surface area contributed by atoms with Crippen molar-refractivity contribution < 1.29 is 4.74 Å². The lowest BCUT2D eigenvalue weighted by molar-refractivity contribution is 0.138.